The highest BCUT2D eigenvalue weighted by atomic mass is 16.5. The van der Waals surface area contributed by atoms with Crippen LogP contribution in [0.2, 0.25) is 0 Å². The third kappa shape index (κ3) is 5.51. The number of rotatable bonds is 8. The van der Waals surface area contributed by atoms with E-state index in [-0.39, 0.29) is 24.0 Å². The molecule has 1 fully saturated rings. The maximum absolute atomic E-state index is 12.4. The van der Waals surface area contributed by atoms with Gasteiger partial charge in [0.1, 0.15) is 0 Å². The third-order valence-electron chi connectivity index (χ3n) is 3.85. The van der Waals surface area contributed by atoms with E-state index in [1.807, 2.05) is 6.92 Å². The maximum atomic E-state index is 12.4. The number of carbonyl (C=O) groups excluding carboxylic acids is 1. The van der Waals surface area contributed by atoms with Crippen molar-refractivity contribution in [3.8, 4) is 0 Å². The number of nitrogens with zero attached hydrogens (tertiary/aromatic N) is 1. The fourth-order valence-corrected chi connectivity index (χ4v) is 2.64. The van der Waals surface area contributed by atoms with Gasteiger partial charge in [-0.3, -0.25) is 4.79 Å². The van der Waals surface area contributed by atoms with Gasteiger partial charge in [-0.15, -0.1) is 0 Å². The van der Waals surface area contributed by atoms with Gasteiger partial charge in [-0.2, -0.15) is 0 Å². The van der Waals surface area contributed by atoms with Crippen LogP contribution in [0, 0.1) is 5.92 Å². The van der Waals surface area contributed by atoms with Gasteiger partial charge in [-0.05, 0) is 26.2 Å². The van der Waals surface area contributed by atoms with E-state index in [9.17, 15) is 9.59 Å². The number of carboxylic acid groups (broad SMARTS) is 1. The highest BCUT2D eigenvalue weighted by Gasteiger charge is 2.32. The van der Waals surface area contributed by atoms with Crippen LogP contribution in [0.3, 0.4) is 0 Å². The molecule has 1 saturated carbocycles. The van der Waals surface area contributed by atoms with Crippen LogP contribution >= 0.6 is 0 Å². The lowest BCUT2D eigenvalue weighted by Crippen LogP contribution is -2.50. The molecule has 1 aliphatic rings. The molecule has 1 rings (SSSR count). The molecule has 21 heavy (non-hydrogen) atoms. The minimum Gasteiger partial charge on any atom is -0.481 e. The highest BCUT2D eigenvalue weighted by molar-refractivity contribution is 5.75. The van der Waals surface area contributed by atoms with Gasteiger partial charge in [-0.25, -0.2) is 4.79 Å². The Morgan fingerprint density at radius 1 is 1.33 bits per heavy atom. The van der Waals surface area contributed by atoms with Gasteiger partial charge in [0.15, 0.2) is 0 Å². The minimum absolute atomic E-state index is 0.0678. The van der Waals surface area contributed by atoms with E-state index in [0.717, 1.165) is 0 Å². The van der Waals surface area contributed by atoms with Crippen LogP contribution in [0.15, 0.2) is 0 Å². The van der Waals surface area contributed by atoms with Crippen molar-refractivity contribution in [2.75, 3.05) is 34.0 Å². The van der Waals surface area contributed by atoms with Crippen LogP contribution in [0.1, 0.15) is 26.2 Å². The second-order valence-electron chi connectivity index (χ2n) is 5.49. The molecule has 0 aliphatic heterocycles. The Morgan fingerprint density at radius 3 is 2.57 bits per heavy atom. The number of methoxy groups -OCH3 is 2. The monoisotopic (exact) mass is 302 g/mol. The lowest BCUT2D eigenvalue weighted by atomic mass is 10.1. The first kappa shape index (κ1) is 17.7. The number of carboxylic acids is 1. The Bertz CT molecular complexity index is 350. The second kappa shape index (κ2) is 8.84. The Hall–Kier alpha value is -1.34. The number of hydrogen-bond acceptors (Lipinski definition) is 4. The topological polar surface area (TPSA) is 88.1 Å². The zero-order valence-corrected chi connectivity index (χ0v) is 13.0. The molecule has 0 radical (unpaired) electrons. The lowest BCUT2D eigenvalue weighted by molar-refractivity contribution is -0.141. The summed E-state index contributed by atoms with van der Waals surface area (Å²) >= 11 is 0. The van der Waals surface area contributed by atoms with E-state index < -0.39 is 5.97 Å². The van der Waals surface area contributed by atoms with E-state index in [1.165, 1.54) is 0 Å². The molecule has 0 aromatic rings. The molecule has 3 atom stereocenters. The average molecular weight is 302 g/mol. The first-order valence-electron chi connectivity index (χ1n) is 7.27. The summed E-state index contributed by atoms with van der Waals surface area (Å²) in [5.41, 5.74) is 0. The van der Waals surface area contributed by atoms with Crippen LogP contribution in [-0.4, -0.2) is 68.1 Å². The highest BCUT2D eigenvalue weighted by Crippen LogP contribution is 2.25. The maximum Gasteiger partial charge on any atom is 0.318 e. The number of aliphatic carboxylic acids is 1. The van der Waals surface area contributed by atoms with Gasteiger partial charge in [0.25, 0.3) is 0 Å². The third-order valence-corrected chi connectivity index (χ3v) is 3.85. The molecule has 0 bridgehead atoms. The number of urea groups is 1. The van der Waals surface area contributed by atoms with Gasteiger partial charge >= 0.3 is 12.0 Å². The summed E-state index contributed by atoms with van der Waals surface area (Å²) in [6.07, 6.45) is 1.82. The smallest absolute Gasteiger partial charge is 0.318 e. The number of amides is 2. The molecular formula is C14H26N2O5. The van der Waals surface area contributed by atoms with Gasteiger partial charge in [0.2, 0.25) is 0 Å². The van der Waals surface area contributed by atoms with Crippen molar-refractivity contribution in [1.29, 1.82) is 0 Å². The van der Waals surface area contributed by atoms with Gasteiger partial charge < -0.3 is 24.8 Å². The normalized spacial score (nSPS) is 22.8. The van der Waals surface area contributed by atoms with Crippen molar-refractivity contribution in [3.05, 3.63) is 0 Å². The fourth-order valence-electron chi connectivity index (χ4n) is 2.64. The van der Waals surface area contributed by atoms with Gasteiger partial charge in [-0.1, -0.05) is 0 Å². The molecule has 0 spiro atoms. The first-order valence-corrected chi connectivity index (χ1v) is 7.27. The van der Waals surface area contributed by atoms with Gasteiger partial charge in [0.05, 0.1) is 25.2 Å². The summed E-state index contributed by atoms with van der Waals surface area (Å²) in [5.74, 6) is -1.13. The Kier molecular flexibility index (Phi) is 7.45. The predicted molar refractivity (Wildman–Crippen MR) is 77.2 cm³/mol. The molecule has 2 amide bonds. The van der Waals surface area contributed by atoms with Crippen LogP contribution in [0.4, 0.5) is 4.79 Å². The summed E-state index contributed by atoms with van der Waals surface area (Å²) in [6.45, 7) is 3.28. The van der Waals surface area contributed by atoms with E-state index in [4.69, 9.17) is 14.6 Å². The summed E-state index contributed by atoms with van der Waals surface area (Å²) in [7, 11) is 3.18. The zero-order valence-electron chi connectivity index (χ0n) is 13.0. The number of nitrogens with one attached hydrogen (secondary N) is 1. The summed E-state index contributed by atoms with van der Waals surface area (Å²) < 4.78 is 10.1. The van der Waals surface area contributed by atoms with Crippen molar-refractivity contribution in [2.24, 2.45) is 5.92 Å². The molecule has 122 valence electrons. The number of hydrogen-bond donors (Lipinski definition) is 2. The lowest BCUT2D eigenvalue weighted by Gasteiger charge is -2.30. The van der Waals surface area contributed by atoms with Crippen LogP contribution < -0.4 is 5.32 Å². The Labute approximate surface area is 125 Å². The standard InChI is InChI=1S/C14H26N2O5/c1-10(9-21-3)16(6-7-20-2)14(19)15-12-5-4-11(8-12)13(17)18/h10-12H,4-9H2,1-3H3,(H,15,19)(H,17,18)/t10?,11-,12+/m1/s1. The molecule has 1 aliphatic carbocycles. The van der Waals surface area contributed by atoms with E-state index in [2.05, 4.69) is 5.32 Å². The summed E-state index contributed by atoms with van der Waals surface area (Å²) in [4.78, 5) is 25.0. The first-order chi connectivity index (χ1) is 9.99. The van der Waals surface area contributed by atoms with Gasteiger partial charge in [0, 0.05) is 26.8 Å². The fraction of sp³-hybridized carbons (Fsp3) is 0.857. The van der Waals surface area contributed by atoms with E-state index in [1.54, 1.807) is 19.1 Å². The Balaban J connectivity index is 2.53. The SMILES string of the molecule is COCCN(C(=O)N[C@H]1CC[C@@H](C(=O)O)C1)C(C)COC. The minimum atomic E-state index is -0.782. The summed E-state index contributed by atoms with van der Waals surface area (Å²) in [6, 6.07) is -0.326. The molecule has 2 N–H and O–H groups in total. The quantitative estimate of drug-likeness (QED) is 0.696. The molecular weight excluding hydrogens is 276 g/mol. The van der Waals surface area contributed by atoms with Crippen LogP contribution in [0.25, 0.3) is 0 Å². The largest absolute Gasteiger partial charge is 0.481 e. The molecule has 0 aromatic carbocycles. The van der Waals surface area contributed by atoms with Crippen molar-refractivity contribution >= 4 is 12.0 Å². The molecule has 0 saturated heterocycles. The molecule has 0 aromatic heterocycles. The van der Waals surface area contributed by atoms with Crippen LogP contribution in [-0.2, 0) is 14.3 Å². The van der Waals surface area contributed by atoms with Crippen molar-refractivity contribution in [1.82, 2.24) is 10.2 Å². The predicted octanol–water partition coefficient (Wildman–Crippen LogP) is 0.933. The summed E-state index contributed by atoms with van der Waals surface area (Å²) in [5, 5.41) is 11.9. The number of ether oxygens (including phenoxy) is 2. The van der Waals surface area contributed by atoms with Crippen LogP contribution in [0.5, 0.6) is 0 Å². The Morgan fingerprint density at radius 2 is 2.05 bits per heavy atom. The molecule has 0 heterocycles. The molecule has 7 heteroatoms. The van der Waals surface area contributed by atoms with E-state index in [0.29, 0.717) is 39.0 Å². The van der Waals surface area contributed by atoms with Crippen molar-refractivity contribution in [2.45, 2.75) is 38.3 Å². The molecule has 7 nitrogen and oxygen atoms in total. The second-order valence-corrected chi connectivity index (χ2v) is 5.49. The van der Waals surface area contributed by atoms with E-state index >= 15 is 0 Å². The number of carbonyl (C=O) groups is 2. The zero-order chi connectivity index (χ0) is 15.8. The van der Waals surface area contributed by atoms with Crippen molar-refractivity contribution in [3.63, 3.8) is 0 Å². The van der Waals surface area contributed by atoms with Crippen molar-refractivity contribution < 1.29 is 24.2 Å². The molecule has 1 unspecified atom stereocenters. The average Bonchev–Trinajstić information content (AvgIpc) is 2.88.